The summed E-state index contributed by atoms with van der Waals surface area (Å²) in [7, 11) is 0. The standard InChI is InChI=1S/C17H21N3/c1-14-7-2-3-8-15(14)13-19-16-9-6-10-18-17(16)20-11-4-5-12-20/h2-3,6-10,19H,4-5,11-13H2,1H3. The van der Waals surface area contributed by atoms with Crippen LogP contribution in [0.5, 0.6) is 0 Å². The molecule has 1 fully saturated rings. The van der Waals surface area contributed by atoms with Crippen LogP contribution >= 0.6 is 0 Å². The topological polar surface area (TPSA) is 28.2 Å². The van der Waals surface area contributed by atoms with Gasteiger partial charge in [-0.3, -0.25) is 0 Å². The fourth-order valence-corrected chi connectivity index (χ4v) is 2.71. The Bertz CT molecular complexity index is 574. The summed E-state index contributed by atoms with van der Waals surface area (Å²) in [6, 6.07) is 12.6. The van der Waals surface area contributed by atoms with Gasteiger partial charge in [-0.25, -0.2) is 4.98 Å². The molecule has 0 aliphatic carbocycles. The van der Waals surface area contributed by atoms with Crippen molar-refractivity contribution in [3.63, 3.8) is 0 Å². The van der Waals surface area contributed by atoms with Crippen LogP contribution < -0.4 is 10.2 Å². The highest BCUT2D eigenvalue weighted by Crippen LogP contribution is 2.26. The first-order valence-corrected chi connectivity index (χ1v) is 7.33. The molecule has 20 heavy (non-hydrogen) atoms. The zero-order valence-electron chi connectivity index (χ0n) is 12.0. The minimum absolute atomic E-state index is 0.846. The quantitative estimate of drug-likeness (QED) is 0.917. The van der Waals surface area contributed by atoms with Gasteiger partial charge >= 0.3 is 0 Å². The van der Waals surface area contributed by atoms with Crippen molar-refractivity contribution in [3.8, 4) is 0 Å². The molecule has 0 unspecified atom stereocenters. The van der Waals surface area contributed by atoms with Crippen molar-refractivity contribution >= 4 is 11.5 Å². The van der Waals surface area contributed by atoms with Gasteiger partial charge in [0.15, 0.2) is 5.82 Å². The Morgan fingerprint density at radius 2 is 1.90 bits per heavy atom. The molecule has 0 spiro atoms. The zero-order chi connectivity index (χ0) is 13.8. The van der Waals surface area contributed by atoms with Crippen LogP contribution in [-0.4, -0.2) is 18.1 Å². The summed E-state index contributed by atoms with van der Waals surface area (Å²) in [5.41, 5.74) is 3.80. The molecule has 2 heterocycles. The van der Waals surface area contributed by atoms with Crippen LogP contribution in [0, 0.1) is 6.92 Å². The number of pyridine rings is 1. The molecule has 0 bridgehead atoms. The minimum Gasteiger partial charge on any atom is -0.378 e. The Labute approximate surface area is 120 Å². The largest absolute Gasteiger partial charge is 0.378 e. The molecule has 104 valence electrons. The highest BCUT2D eigenvalue weighted by atomic mass is 15.2. The van der Waals surface area contributed by atoms with Crippen molar-refractivity contribution < 1.29 is 0 Å². The molecule has 1 aliphatic heterocycles. The number of aromatic nitrogens is 1. The Morgan fingerprint density at radius 1 is 1.10 bits per heavy atom. The Kier molecular flexibility index (Phi) is 3.86. The molecule has 3 nitrogen and oxygen atoms in total. The van der Waals surface area contributed by atoms with Gasteiger partial charge in [0.2, 0.25) is 0 Å². The van der Waals surface area contributed by atoms with Gasteiger partial charge in [-0.1, -0.05) is 24.3 Å². The zero-order valence-corrected chi connectivity index (χ0v) is 12.0. The van der Waals surface area contributed by atoms with Gasteiger partial charge in [-0.05, 0) is 43.0 Å². The molecule has 3 rings (SSSR count). The van der Waals surface area contributed by atoms with Crippen LogP contribution in [0.15, 0.2) is 42.6 Å². The number of benzene rings is 1. The molecule has 0 saturated carbocycles. The Morgan fingerprint density at radius 3 is 2.70 bits per heavy atom. The van der Waals surface area contributed by atoms with Crippen LogP contribution in [0.3, 0.4) is 0 Å². The first-order chi connectivity index (χ1) is 9.84. The number of anilines is 2. The first kappa shape index (κ1) is 13.0. The van der Waals surface area contributed by atoms with Crippen LogP contribution in [0.2, 0.25) is 0 Å². The average Bonchev–Trinajstić information content (AvgIpc) is 3.01. The summed E-state index contributed by atoms with van der Waals surface area (Å²) >= 11 is 0. The summed E-state index contributed by atoms with van der Waals surface area (Å²) in [6.07, 6.45) is 4.42. The lowest BCUT2D eigenvalue weighted by Gasteiger charge is -2.20. The van der Waals surface area contributed by atoms with Gasteiger partial charge in [-0.2, -0.15) is 0 Å². The van der Waals surface area contributed by atoms with Crippen molar-refractivity contribution in [2.45, 2.75) is 26.3 Å². The van der Waals surface area contributed by atoms with E-state index in [-0.39, 0.29) is 0 Å². The maximum absolute atomic E-state index is 4.56. The lowest BCUT2D eigenvalue weighted by molar-refractivity contribution is 0.934. The summed E-state index contributed by atoms with van der Waals surface area (Å²) < 4.78 is 0. The summed E-state index contributed by atoms with van der Waals surface area (Å²) in [6.45, 7) is 5.24. The molecule has 1 saturated heterocycles. The van der Waals surface area contributed by atoms with Crippen LogP contribution in [-0.2, 0) is 6.54 Å². The third-order valence-corrected chi connectivity index (χ3v) is 3.92. The fourth-order valence-electron chi connectivity index (χ4n) is 2.71. The molecule has 1 N–H and O–H groups in total. The Hall–Kier alpha value is -2.03. The molecule has 1 aromatic carbocycles. The van der Waals surface area contributed by atoms with E-state index in [2.05, 4.69) is 52.5 Å². The van der Waals surface area contributed by atoms with E-state index in [4.69, 9.17) is 0 Å². The minimum atomic E-state index is 0.846. The second-order valence-corrected chi connectivity index (χ2v) is 5.35. The third-order valence-electron chi connectivity index (χ3n) is 3.92. The molecule has 2 aromatic rings. The normalized spacial score (nSPS) is 14.6. The average molecular weight is 267 g/mol. The summed E-state index contributed by atoms with van der Waals surface area (Å²) in [5.74, 6) is 1.10. The lowest BCUT2D eigenvalue weighted by atomic mass is 10.1. The second-order valence-electron chi connectivity index (χ2n) is 5.35. The van der Waals surface area contributed by atoms with Crippen molar-refractivity contribution in [3.05, 3.63) is 53.7 Å². The molecule has 1 aromatic heterocycles. The van der Waals surface area contributed by atoms with Gasteiger partial charge in [0.25, 0.3) is 0 Å². The monoisotopic (exact) mass is 267 g/mol. The second kappa shape index (κ2) is 5.95. The van der Waals surface area contributed by atoms with E-state index in [1.54, 1.807) is 0 Å². The molecular weight excluding hydrogens is 246 g/mol. The van der Waals surface area contributed by atoms with E-state index in [9.17, 15) is 0 Å². The Balaban J connectivity index is 1.76. The van der Waals surface area contributed by atoms with E-state index in [1.165, 1.54) is 24.0 Å². The smallest absolute Gasteiger partial charge is 0.151 e. The molecule has 1 aliphatic rings. The summed E-state index contributed by atoms with van der Waals surface area (Å²) in [5, 5.41) is 3.54. The van der Waals surface area contributed by atoms with Crippen molar-refractivity contribution in [2.24, 2.45) is 0 Å². The maximum atomic E-state index is 4.56. The van der Waals surface area contributed by atoms with Gasteiger partial charge in [0.05, 0.1) is 5.69 Å². The number of hydrogen-bond acceptors (Lipinski definition) is 3. The molecule has 3 heteroatoms. The van der Waals surface area contributed by atoms with E-state index in [1.807, 2.05) is 12.3 Å². The third kappa shape index (κ3) is 2.77. The van der Waals surface area contributed by atoms with Crippen LogP contribution in [0.25, 0.3) is 0 Å². The van der Waals surface area contributed by atoms with Gasteiger partial charge in [0, 0.05) is 25.8 Å². The van der Waals surface area contributed by atoms with Crippen molar-refractivity contribution in [2.75, 3.05) is 23.3 Å². The van der Waals surface area contributed by atoms with E-state index in [0.717, 1.165) is 31.1 Å². The van der Waals surface area contributed by atoms with E-state index in [0.29, 0.717) is 0 Å². The summed E-state index contributed by atoms with van der Waals surface area (Å²) in [4.78, 5) is 6.93. The SMILES string of the molecule is Cc1ccccc1CNc1cccnc1N1CCCC1. The molecule has 0 amide bonds. The van der Waals surface area contributed by atoms with Gasteiger partial charge < -0.3 is 10.2 Å². The van der Waals surface area contributed by atoms with Crippen LogP contribution in [0.4, 0.5) is 11.5 Å². The van der Waals surface area contributed by atoms with Crippen molar-refractivity contribution in [1.29, 1.82) is 0 Å². The first-order valence-electron chi connectivity index (χ1n) is 7.33. The van der Waals surface area contributed by atoms with E-state index < -0.39 is 0 Å². The number of hydrogen-bond donors (Lipinski definition) is 1. The number of nitrogens with one attached hydrogen (secondary N) is 1. The van der Waals surface area contributed by atoms with Gasteiger partial charge in [-0.15, -0.1) is 0 Å². The molecule has 0 atom stereocenters. The predicted molar refractivity (Wildman–Crippen MR) is 84.2 cm³/mol. The number of rotatable bonds is 4. The maximum Gasteiger partial charge on any atom is 0.151 e. The molecular formula is C17H21N3. The number of nitrogens with zero attached hydrogens (tertiary/aromatic N) is 2. The van der Waals surface area contributed by atoms with Gasteiger partial charge in [0.1, 0.15) is 0 Å². The van der Waals surface area contributed by atoms with Crippen molar-refractivity contribution in [1.82, 2.24) is 4.98 Å². The van der Waals surface area contributed by atoms with Crippen LogP contribution in [0.1, 0.15) is 24.0 Å². The lowest BCUT2D eigenvalue weighted by Crippen LogP contribution is -2.20. The highest BCUT2D eigenvalue weighted by Gasteiger charge is 2.16. The highest BCUT2D eigenvalue weighted by molar-refractivity contribution is 5.65. The predicted octanol–water partition coefficient (Wildman–Crippen LogP) is 3.60. The fraction of sp³-hybridized carbons (Fsp3) is 0.353. The number of aryl methyl sites for hydroxylation is 1. The molecule has 0 radical (unpaired) electrons. The van der Waals surface area contributed by atoms with E-state index >= 15 is 0 Å².